The first-order chi connectivity index (χ1) is 10.2. The molecule has 3 rings (SSSR count). The lowest BCUT2D eigenvalue weighted by Crippen LogP contribution is -2.18. The molecule has 21 heavy (non-hydrogen) atoms. The maximum absolute atomic E-state index is 12.2. The molecule has 0 saturated carbocycles. The van der Waals surface area contributed by atoms with Crippen molar-refractivity contribution in [3.05, 3.63) is 54.1 Å². The highest BCUT2D eigenvalue weighted by atomic mass is 35.5. The van der Waals surface area contributed by atoms with E-state index in [-0.39, 0.29) is 5.91 Å². The highest BCUT2D eigenvalue weighted by Gasteiger charge is 2.18. The zero-order valence-corrected chi connectivity index (χ0v) is 12.0. The Morgan fingerprint density at radius 2 is 1.76 bits per heavy atom. The monoisotopic (exact) mass is 303 g/mol. The van der Waals surface area contributed by atoms with E-state index in [1.165, 1.54) is 0 Å². The van der Waals surface area contributed by atoms with Crippen molar-refractivity contribution in [2.24, 2.45) is 0 Å². The van der Waals surface area contributed by atoms with Gasteiger partial charge in [-0.05, 0) is 17.7 Å². The molecule has 2 aromatic rings. The van der Waals surface area contributed by atoms with Gasteiger partial charge in [-0.3, -0.25) is 4.79 Å². The standard InChI is InChI=1S/C16H14ClNO3/c17-15(11-4-2-1-3-5-11)16(19)18-12-6-7-13-14(10-12)21-9-8-20-13/h1-7,10,15H,8-9H2,(H,18,19)/t15-/m0/s1. The minimum absolute atomic E-state index is 0.278. The van der Waals surface area contributed by atoms with E-state index >= 15 is 0 Å². The van der Waals surface area contributed by atoms with E-state index in [1.54, 1.807) is 18.2 Å². The molecular weight excluding hydrogens is 290 g/mol. The van der Waals surface area contributed by atoms with E-state index in [4.69, 9.17) is 21.1 Å². The lowest BCUT2D eigenvalue weighted by Gasteiger charge is -2.19. The molecule has 0 unspecified atom stereocenters. The average Bonchev–Trinajstić information content (AvgIpc) is 2.55. The number of anilines is 1. The smallest absolute Gasteiger partial charge is 0.246 e. The van der Waals surface area contributed by atoms with Crippen molar-refractivity contribution in [1.29, 1.82) is 0 Å². The molecule has 2 aromatic carbocycles. The van der Waals surface area contributed by atoms with Crippen LogP contribution < -0.4 is 14.8 Å². The second kappa shape index (κ2) is 6.06. The summed E-state index contributed by atoms with van der Waals surface area (Å²) in [7, 11) is 0. The van der Waals surface area contributed by atoms with Gasteiger partial charge in [0.15, 0.2) is 11.5 Å². The van der Waals surface area contributed by atoms with Crippen LogP contribution in [0.2, 0.25) is 0 Å². The van der Waals surface area contributed by atoms with E-state index in [2.05, 4.69) is 5.32 Å². The predicted octanol–water partition coefficient (Wildman–Crippen LogP) is 3.38. The summed E-state index contributed by atoms with van der Waals surface area (Å²) in [6, 6.07) is 14.5. The largest absolute Gasteiger partial charge is 0.486 e. The van der Waals surface area contributed by atoms with Gasteiger partial charge in [0, 0.05) is 11.8 Å². The van der Waals surface area contributed by atoms with Crippen LogP contribution >= 0.6 is 11.6 Å². The van der Waals surface area contributed by atoms with E-state index in [0.29, 0.717) is 30.4 Å². The Morgan fingerprint density at radius 1 is 1.05 bits per heavy atom. The number of rotatable bonds is 3. The molecule has 1 amide bonds. The van der Waals surface area contributed by atoms with E-state index in [0.717, 1.165) is 5.56 Å². The average molecular weight is 304 g/mol. The summed E-state index contributed by atoms with van der Waals surface area (Å²) in [5, 5.41) is 2.05. The first-order valence-corrected chi connectivity index (χ1v) is 7.07. The number of halogens is 1. The Bertz CT molecular complexity index is 645. The van der Waals surface area contributed by atoms with Crippen LogP contribution in [0.1, 0.15) is 10.9 Å². The van der Waals surface area contributed by atoms with Crippen LogP contribution in [-0.2, 0) is 4.79 Å². The second-order valence-corrected chi connectivity index (χ2v) is 5.06. The molecule has 1 N–H and O–H groups in total. The van der Waals surface area contributed by atoms with Crippen molar-refractivity contribution >= 4 is 23.2 Å². The molecule has 0 spiro atoms. The van der Waals surface area contributed by atoms with Gasteiger partial charge in [0.05, 0.1) is 0 Å². The fraction of sp³-hybridized carbons (Fsp3) is 0.188. The number of nitrogens with one attached hydrogen (secondary N) is 1. The summed E-state index contributed by atoms with van der Waals surface area (Å²) < 4.78 is 10.9. The van der Waals surface area contributed by atoms with Crippen molar-refractivity contribution in [2.75, 3.05) is 18.5 Å². The number of hydrogen-bond acceptors (Lipinski definition) is 3. The van der Waals surface area contributed by atoms with Gasteiger partial charge < -0.3 is 14.8 Å². The number of hydrogen-bond donors (Lipinski definition) is 1. The van der Waals surface area contributed by atoms with Gasteiger partial charge in [-0.2, -0.15) is 0 Å². The van der Waals surface area contributed by atoms with Gasteiger partial charge in [0.25, 0.3) is 0 Å². The van der Waals surface area contributed by atoms with Crippen LogP contribution in [0.15, 0.2) is 48.5 Å². The van der Waals surface area contributed by atoms with Gasteiger partial charge in [0.1, 0.15) is 18.6 Å². The topological polar surface area (TPSA) is 47.6 Å². The quantitative estimate of drug-likeness (QED) is 0.884. The summed E-state index contributed by atoms with van der Waals surface area (Å²) >= 11 is 6.18. The number of carbonyl (C=O) groups excluding carboxylic acids is 1. The fourth-order valence-corrected chi connectivity index (χ4v) is 2.30. The van der Waals surface area contributed by atoms with Crippen molar-refractivity contribution in [3.63, 3.8) is 0 Å². The Labute approximate surface area is 127 Å². The van der Waals surface area contributed by atoms with Gasteiger partial charge in [-0.25, -0.2) is 0 Å². The third kappa shape index (κ3) is 3.11. The molecule has 0 radical (unpaired) electrons. The normalized spacial score (nSPS) is 14.3. The number of alkyl halides is 1. The molecule has 1 aliphatic heterocycles. The highest BCUT2D eigenvalue weighted by molar-refractivity contribution is 6.32. The molecular formula is C16H14ClNO3. The number of amides is 1. The van der Waals surface area contributed by atoms with Crippen molar-refractivity contribution in [1.82, 2.24) is 0 Å². The number of benzene rings is 2. The minimum atomic E-state index is -0.737. The van der Waals surface area contributed by atoms with Crippen molar-refractivity contribution < 1.29 is 14.3 Å². The van der Waals surface area contributed by atoms with Crippen molar-refractivity contribution in [3.8, 4) is 11.5 Å². The number of fused-ring (bicyclic) bond motifs is 1. The van der Waals surface area contributed by atoms with Crippen LogP contribution in [-0.4, -0.2) is 19.1 Å². The lowest BCUT2D eigenvalue weighted by molar-refractivity contribution is -0.116. The lowest BCUT2D eigenvalue weighted by atomic mass is 10.1. The third-order valence-electron chi connectivity index (χ3n) is 3.13. The molecule has 0 bridgehead atoms. The SMILES string of the molecule is O=C(Nc1ccc2c(c1)OCCO2)[C@@H](Cl)c1ccccc1. The molecule has 5 heteroatoms. The molecule has 0 saturated heterocycles. The Balaban J connectivity index is 1.73. The summed E-state index contributed by atoms with van der Waals surface area (Å²) in [6.07, 6.45) is 0. The molecule has 4 nitrogen and oxygen atoms in total. The van der Waals surface area contributed by atoms with Gasteiger partial charge in [0.2, 0.25) is 5.91 Å². The third-order valence-corrected chi connectivity index (χ3v) is 3.58. The van der Waals surface area contributed by atoms with Crippen LogP contribution in [0, 0.1) is 0 Å². The molecule has 0 fully saturated rings. The highest BCUT2D eigenvalue weighted by Crippen LogP contribution is 2.33. The van der Waals surface area contributed by atoms with Gasteiger partial charge >= 0.3 is 0 Å². The molecule has 1 atom stereocenters. The Hall–Kier alpha value is -2.20. The minimum Gasteiger partial charge on any atom is -0.486 e. The van der Waals surface area contributed by atoms with Gasteiger partial charge in [-0.1, -0.05) is 30.3 Å². The zero-order valence-electron chi connectivity index (χ0n) is 11.2. The zero-order chi connectivity index (χ0) is 14.7. The second-order valence-electron chi connectivity index (χ2n) is 4.62. The van der Waals surface area contributed by atoms with Crippen LogP contribution in [0.4, 0.5) is 5.69 Å². The molecule has 1 heterocycles. The summed E-state index contributed by atoms with van der Waals surface area (Å²) in [5.41, 5.74) is 1.39. The van der Waals surface area contributed by atoms with Crippen LogP contribution in [0.25, 0.3) is 0 Å². The van der Waals surface area contributed by atoms with Crippen LogP contribution in [0.3, 0.4) is 0 Å². The fourth-order valence-electron chi connectivity index (χ4n) is 2.10. The van der Waals surface area contributed by atoms with Gasteiger partial charge in [-0.15, -0.1) is 11.6 Å². The van der Waals surface area contributed by atoms with Crippen molar-refractivity contribution in [2.45, 2.75) is 5.38 Å². The summed E-state index contributed by atoms with van der Waals surface area (Å²) in [4.78, 5) is 12.2. The van der Waals surface area contributed by atoms with Crippen LogP contribution in [0.5, 0.6) is 11.5 Å². The Morgan fingerprint density at radius 3 is 2.52 bits per heavy atom. The van der Waals surface area contributed by atoms with E-state index in [1.807, 2.05) is 30.3 Å². The van der Waals surface area contributed by atoms with E-state index < -0.39 is 5.38 Å². The maximum atomic E-state index is 12.2. The summed E-state index contributed by atoms with van der Waals surface area (Å²) in [5.74, 6) is 1.04. The number of ether oxygens (including phenoxy) is 2. The maximum Gasteiger partial charge on any atom is 0.246 e. The molecule has 1 aliphatic rings. The predicted molar refractivity (Wildman–Crippen MR) is 81.1 cm³/mol. The first kappa shape index (κ1) is 13.8. The summed E-state index contributed by atoms with van der Waals surface area (Å²) in [6.45, 7) is 1.04. The Kier molecular flexibility index (Phi) is 3.97. The molecule has 0 aromatic heterocycles. The van der Waals surface area contributed by atoms with E-state index in [9.17, 15) is 4.79 Å². The first-order valence-electron chi connectivity index (χ1n) is 6.63. The number of carbonyl (C=O) groups is 1. The molecule has 108 valence electrons. The molecule has 0 aliphatic carbocycles.